The molecular formula is C22H28ClFN4O. The van der Waals surface area contributed by atoms with Gasteiger partial charge in [-0.25, -0.2) is 4.39 Å². The van der Waals surface area contributed by atoms with Crippen molar-refractivity contribution in [3.63, 3.8) is 0 Å². The van der Waals surface area contributed by atoms with Gasteiger partial charge < -0.3 is 10.2 Å². The number of anilines is 2. The van der Waals surface area contributed by atoms with E-state index in [-0.39, 0.29) is 11.7 Å². The molecule has 156 valence electrons. The Morgan fingerprint density at radius 1 is 1.07 bits per heavy atom. The highest BCUT2D eigenvalue weighted by Crippen LogP contribution is 2.24. The maximum absolute atomic E-state index is 13.0. The van der Waals surface area contributed by atoms with Crippen LogP contribution < -0.4 is 10.2 Å². The Morgan fingerprint density at radius 3 is 2.45 bits per heavy atom. The zero-order valence-corrected chi connectivity index (χ0v) is 17.8. The molecule has 2 aromatic rings. The quantitative estimate of drug-likeness (QED) is 0.776. The molecule has 0 radical (unpaired) electrons. The van der Waals surface area contributed by atoms with Crippen molar-refractivity contribution >= 4 is 28.9 Å². The average molecular weight is 419 g/mol. The summed E-state index contributed by atoms with van der Waals surface area (Å²) in [5, 5.41) is 3.62. The normalized spacial score (nSPS) is 15.7. The van der Waals surface area contributed by atoms with Gasteiger partial charge in [0, 0.05) is 50.1 Å². The van der Waals surface area contributed by atoms with E-state index < -0.39 is 0 Å². The lowest BCUT2D eigenvalue weighted by molar-refractivity contribution is -0.117. The lowest BCUT2D eigenvalue weighted by Crippen LogP contribution is -2.36. The predicted octanol–water partition coefficient (Wildman–Crippen LogP) is 3.69. The van der Waals surface area contributed by atoms with E-state index in [0.29, 0.717) is 12.2 Å². The summed E-state index contributed by atoms with van der Waals surface area (Å²) in [7, 11) is 4.00. The standard InChI is InChI=1S/C22H28ClFN4O/c1-26(2)20-9-4-17(21(23)14-20)15-27-10-3-11-28(13-12-27)16-22(29)25-19-7-5-18(24)6-8-19/h4-9,14H,3,10-13,15-16H2,1-2H3,(H,25,29). The lowest BCUT2D eigenvalue weighted by Gasteiger charge is -2.22. The Hall–Kier alpha value is -2.15. The van der Waals surface area contributed by atoms with E-state index in [4.69, 9.17) is 11.6 Å². The molecule has 0 atom stereocenters. The summed E-state index contributed by atoms with van der Waals surface area (Å²) in [6.07, 6.45) is 0.997. The minimum atomic E-state index is -0.313. The molecule has 1 N–H and O–H groups in total. The highest BCUT2D eigenvalue weighted by atomic mass is 35.5. The topological polar surface area (TPSA) is 38.8 Å². The van der Waals surface area contributed by atoms with Gasteiger partial charge in [-0.1, -0.05) is 17.7 Å². The lowest BCUT2D eigenvalue weighted by atomic mass is 10.2. The smallest absolute Gasteiger partial charge is 0.238 e. The molecule has 29 heavy (non-hydrogen) atoms. The molecule has 0 spiro atoms. The molecule has 1 aliphatic heterocycles. The van der Waals surface area contributed by atoms with Crippen LogP contribution in [-0.2, 0) is 11.3 Å². The molecular weight excluding hydrogens is 391 g/mol. The largest absolute Gasteiger partial charge is 0.378 e. The molecule has 3 rings (SSSR count). The highest BCUT2D eigenvalue weighted by molar-refractivity contribution is 6.31. The Bertz CT molecular complexity index is 828. The van der Waals surface area contributed by atoms with Gasteiger partial charge in [-0.15, -0.1) is 0 Å². The van der Waals surface area contributed by atoms with Crippen LogP contribution in [0.5, 0.6) is 0 Å². The van der Waals surface area contributed by atoms with E-state index >= 15 is 0 Å². The third-order valence-corrected chi connectivity index (χ3v) is 5.48. The minimum absolute atomic E-state index is 0.0765. The van der Waals surface area contributed by atoms with Gasteiger partial charge in [0.15, 0.2) is 0 Å². The number of halogens is 2. The number of nitrogens with one attached hydrogen (secondary N) is 1. The molecule has 0 saturated carbocycles. The van der Waals surface area contributed by atoms with E-state index in [0.717, 1.165) is 55.4 Å². The monoisotopic (exact) mass is 418 g/mol. The van der Waals surface area contributed by atoms with Crippen molar-refractivity contribution in [2.45, 2.75) is 13.0 Å². The molecule has 1 heterocycles. The van der Waals surface area contributed by atoms with Gasteiger partial charge in [-0.3, -0.25) is 14.6 Å². The van der Waals surface area contributed by atoms with Crippen LogP contribution in [0.3, 0.4) is 0 Å². The van der Waals surface area contributed by atoms with Crippen LogP contribution >= 0.6 is 11.6 Å². The molecule has 7 heteroatoms. The first kappa shape index (κ1) is 21.6. The summed E-state index contributed by atoms with van der Waals surface area (Å²) < 4.78 is 13.0. The molecule has 1 amide bonds. The Morgan fingerprint density at radius 2 is 1.76 bits per heavy atom. The maximum Gasteiger partial charge on any atom is 0.238 e. The van der Waals surface area contributed by atoms with Gasteiger partial charge in [0.05, 0.1) is 6.54 Å². The Kier molecular flexibility index (Phi) is 7.47. The molecule has 0 aliphatic carbocycles. The van der Waals surface area contributed by atoms with Crippen LogP contribution in [0, 0.1) is 5.82 Å². The van der Waals surface area contributed by atoms with E-state index in [2.05, 4.69) is 27.2 Å². The predicted molar refractivity (Wildman–Crippen MR) is 117 cm³/mol. The highest BCUT2D eigenvalue weighted by Gasteiger charge is 2.18. The molecule has 0 unspecified atom stereocenters. The van der Waals surface area contributed by atoms with Crippen molar-refractivity contribution in [2.24, 2.45) is 0 Å². The first-order chi connectivity index (χ1) is 13.9. The number of amides is 1. The number of hydrogen-bond acceptors (Lipinski definition) is 4. The van der Waals surface area contributed by atoms with Gasteiger partial charge in [-0.05, 0) is 61.5 Å². The Balaban J connectivity index is 1.50. The van der Waals surface area contributed by atoms with Gasteiger partial charge in [0.25, 0.3) is 0 Å². The van der Waals surface area contributed by atoms with Crippen LogP contribution in [0.15, 0.2) is 42.5 Å². The molecule has 1 saturated heterocycles. The van der Waals surface area contributed by atoms with Crippen LogP contribution in [0.1, 0.15) is 12.0 Å². The average Bonchev–Trinajstić information content (AvgIpc) is 2.90. The van der Waals surface area contributed by atoms with Crippen molar-refractivity contribution < 1.29 is 9.18 Å². The fourth-order valence-corrected chi connectivity index (χ4v) is 3.70. The molecule has 2 aromatic carbocycles. The summed E-state index contributed by atoms with van der Waals surface area (Å²) in [6, 6.07) is 12.0. The summed E-state index contributed by atoms with van der Waals surface area (Å²) >= 11 is 6.48. The number of hydrogen-bond donors (Lipinski definition) is 1. The van der Waals surface area contributed by atoms with Crippen molar-refractivity contribution in [2.75, 3.05) is 57.0 Å². The fourth-order valence-electron chi connectivity index (χ4n) is 3.46. The minimum Gasteiger partial charge on any atom is -0.378 e. The van der Waals surface area contributed by atoms with Gasteiger partial charge in [-0.2, -0.15) is 0 Å². The van der Waals surface area contributed by atoms with Crippen LogP contribution in [0.4, 0.5) is 15.8 Å². The first-order valence-electron chi connectivity index (χ1n) is 9.86. The zero-order valence-electron chi connectivity index (χ0n) is 17.0. The van der Waals surface area contributed by atoms with Crippen molar-refractivity contribution in [3.05, 3.63) is 58.9 Å². The van der Waals surface area contributed by atoms with Gasteiger partial charge in [0.1, 0.15) is 5.82 Å². The second-order valence-corrected chi connectivity index (χ2v) is 8.04. The second-order valence-electron chi connectivity index (χ2n) is 7.63. The Labute approximate surface area is 177 Å². The number of nitrogens with zero attached hydrogens (tertiary/aromatic N) is 3. The first-order valence-corrected chi connectivity index (χ1v) is 10.2. The fraction of sp³-hybridized carbons (Fsp3) is 0.409. The van der Waals surface area contributed by atoms with E-state index in [1.165, 1.54) is 12.1 Å². The summed E-state index contributed by atoms with van der Waals surface area (Å²) in [4.78, 5) is 18.9. The van der Waals surface area contributed by atoms with Gasteiger partial charge >= 0.3 is 0 Å². The number of carbonyl (C=O) groups excluding carboxylic acids is 1. The molecule has 0 bridgehead atoms. The second kappa shape index (κ2) is 10.1. The van der Waals surface area contributed by atoms with Crippen LogP contribution in [-0.4, -0.2) is 62.5 Å². The van der Waals surface area contributed by atoms with Crippen molar-refractivity contribution in [1.29, 1.82) is 0 Å². The third-order valence-electron chi connectivity index (χ3n) is 5.12. The zero-order chi connectivity index (χ0) is 20.8. The molecule has 5 nitrogen and oxygen atoms in total. The summed E-state index contributed by atoms with van der Waals surface area (Å²) in [5.41, 5.74) is 2.83. The molecule has 1 aliphatic rings. The summed E-state index contributed by atoms with van der Waals surface area (Å²) in [5.74, 6) is -0.389. The van der Waals surface area contributed by atoms with Crippen LogP contribution in [0.2, 0.25) is 5.02 Å². The van der Waals surface area contributed by atoms with E-state index in [9.17, 15) is 9.18 Å². The maximum atomic E-state index is 13.0. The van der Waals surface area contributed by atoms with E-state index in [1.807, 2.05) is 25.1 Å². The number of rotatable bonds is 6. The molecule has 0 aromatic heterocycles. The summed E-state index contributed by atoms with van der Waals surface area (Å²) in [6.45, 7) is 4.70. The van der Waals surface area contributed by atoms with Crippen molar-refractivity contribution in [1.82, 2.24) is 9.80 Å². The van der Waals surface area contributed by atoms with E-state index in [1.54, 1.807) is 12.1 Å². The number of benzene rings is 2. The number of carbonyl (C=O) groups is 1. The van der Waals surface area contributed by atoms with Gasteiger partial charge in [0.2, 0.25) is 5.91 Å². The molecule has 1 fully saturated rings. The SMILES string of the molecule is CN(C)c1ccc(CN2CCCN(CC(=O)Nc3ccc(F)cc3)CC2)c(Cl)c1. The van der Waals surface area contributed by atoms with Crippen molar-refractivity contribution in [3.8, 4) is 0 Å². The third kappa shape index (κ3) is 6.42. The van der Waals surface area contributed by atoms with Crippen LogP contribution in [0.25, 0.3) is 0 Å².